The van der Waals surface area contributed by atoms with Crippen LogP contribution in [0, 0.1) is 11.3 Å². The fourth-order valence-corrected chi connectivity index (χ4v) is 2.36. The molecule has 0 spiro atoms. The van der Waals surface area contributed by atoms with Gasteiger partial charge in [0.05, 0.1) is 0 Å². The molecule has 2 nitrogen and oxygen atoms in total. The number of nitrogens with one attached hydrogen (secondary N) is 2. The maximum absolute atomic E-state index is 3.58. The minimum atomic E-state index is 0.595. The molecule has 0 radical (unpaired) electrons. The Bertz CT molecular complexity index is 160. The van der Waals surface area contributed by atoms with Gasteiger partial charge in [-0.3, -0.25) is 0 Å². The van der Waals surface area contributed by atoms with E-state index in [9.17, 15) is 0 Å². The van der Waals surface area contributed by atoms with Gasteiger partial charge in [0, 0.05) is 19.6 Å². The largest absolute Gasteiger partial charge is 0.315 e. The Hall–Kier alpha value is -0.0800. The first-order chi connectivity index (χ1) is 7.12. The van der Waals surface area contributed by atoms with Crippen LogP contribution < -0.4 is 10.6 Å². The maximum Gasteiger partial charge on any atom is 0.00769 e. The van der Waals surface area contributed by atoms with Crippen molar-refractivity contribution >= 4 is 0 Å². The van der Waals surface area contributed by atoms with Gasteiger partial charge in [-0.1, -0.05) is 33.6 Å². The van der Waals surface area contributed by atoms with Crippen LogP contribution in [-0.2, 0) is 0 Å². The molecule has 2 N–H and O–H groups in total. The van der Waals surface area contributed by atoms with Crippen molar-refractivity contribution in [3.05, 3.63) is 0 Å². The van der Waals surface area contributed by atoms with Gasteiger partial charge in [0.25, 0.3) is 0 Å². The predicted molar refractivity (Wildman–Crippen MR) is 67.2 cm³/mol. The molecule has 0 amide bonds. The van der Waals surface area contributed by atoms with Crippen molar-refractivity contribution in [2.45, 2.75) is 46.5 Å². The lowest BCUT2D eigenvalue weighted by molar-refractivity contribution is 0.315. The highest BCUT2D eigenvalue weighted by atomic mass is 14.9. The minimum absolute atomic E-state index is 0.595. The quantitative estimate of drug-likeness (QED) is 0.633. The van der Waals surface area contributed by atoms with Crippen molar-refractivity contribution in [3.63, 3.8) is 0 Å². The molecule has 1 rings (SSSR count). The molecule has 0 atom stereocenters. The highest BCUT2D eigenvalue weighted by molar-refractivity contribution is 4.82. The normalized spacial score (nSPS) is 20.0. The first kappa shape index (κ1) is 13.0. The summed E-state index contributed by atoms with van der Waals surface area (Å²) in [7, 11) is 0. The average molecular weight is 212 g/mol. The van der Waals surface area contributed by atoms with Gasteiger partial charge >= 0.3 is 0 Å². The lowest BCUT2D eigenvalue weighted by Crippen LogP contribution is -2.35. The Morgan fingerprint density at radius 1 is 1.07 bits per heavy atom. The zero-order valence-electron chi connectivity index (χ0n) is 10.7. The smallest absolute Gasteiger partial charge is 0.00769 e. The molecule has 1 saturated carbocycles. The number of rotatable bonds is 7. The van der Waals surface area contributed by atoms with E-state index in [4.69, 9.17) is 0 Å². The number of hydrogen-bond acceptors (Lipinski definition) is 2. The second kappa shape index (κ2) is 6.49. The van der Waals surface area contributed by atoms with Crippen molar-refractivity contribution in [2.75, 3.05) is 26.2 Å². The zero-order valence-corrected chi connectivity index (χ0v) is 10.7. The monoisotopic (exact) mass is 212 g/mol. The van der Waals surface area contributed by atoms with E-state index < -0.39 is 0 Å². The molecule has 0 aromatic carbocycles. The standard InChI is InChI=1S/C13H28N2/c1-12(2)10-14-8-9-15-11-13(3)6-4-5-7-13/h12,14-15H,4-11H2,1-3H3. The molecular formula is C13H28N2. The fraction of sp³-hybridized carbons (Fsp3) is 1.00. The highest BCUT2D eigenvalue weighted by Gasteiger charge is 2.27. The molecule has 1 aliphatic carbocycles. The number of hydrogen-bond donors (Lipinski definition) is 2. The van der Waals surface area contributed by atoms with Gasteiger partial charge in [-0.2, -0.15) is 0 Å². The Morgan fingerprint density at radius 2 is 1.67 bits per heavy atom. The van der Waals surface area contributed by atoms with Gasteiger partial charge in [-0.05, 0) is 30.7 Å². The third-order valence-electron chi connectivity index (χ3n) is 3.39. The average Bonchev–Trinajstić information content (AvgIpc) is 2.58. The minimum Gasteiger partial charge on any atom is -0.315 e. The first-order valence-electron chi connectivity index (χ1n) is 6.54. The summed E-state index contributed by atoms with van der Waals surface area (Å²) < 4.78 is 0. The van der Waals surface area contributed by atoms with Crippen molar-refractivity contribution in [1.29, 1.82) is 0 Å². The van der Waals surface area contributed by atoms with Gasteiger partial charge < -0.3 is 10.6 Å². The molecule has 0 unspecified atom stereocenters. The Balaban J connectivity index is 1.92. The fourth-order valence-electron chi connectivity index (χ4n) is 2.36. The highest BCUT2D eigenvalue weighted by Crippen LogP contribution is 2.36. The summed E-state index contributed by atoms with van der Waals surface area (Å²) in [5.41, 5.74) is 0.595. The van der Waals surface area contributed by atoms with Crippen molar-refractivity contribution in [2.24, 2.45) is 11.3 Å². The SMILES string of the molecule is CC(C)CNCCNCC1(C)CCCC1. The third kappa shape index (κ3) is 5.53. The third-order valence-corrected chi connectivity index (χ3v) is 3.39. The lowest BCUT2D eigenvalue weighted by Gasteiger charge is -2.23. The van der Waals surface area contributed by atoms with Gasteiger partial charge in [-0.25, -0.2) is 0 Å². The second-order valence-corrected chi connectivity index (χ2v) is 5.79. The van der Waals surface area contributed by atoms with E-state index >= 15 is 0 Å². The summed E-state index contributed by atoms with van der Waals surface area (Å²) in [4.78, 5) is 0. The van der Waals surface area contributed by atoms with Gasteiger partial charge in [0.2, 0.25) is 0 Å². The molecule has 0 bridgehead atoms. The topological polar surface area (TPSA) is 24.1 Å². The van der Waals surface area contributed by atoms with Gasteiger partial charge in [0.15, 0.2) is 0 Å². The summed E-state index contributed by atoms with van der Waals surface area (Å²) in [6.45, 7) is 11.5. The molecule has 0 aliphatic heterocycles. The van der Waals surface area contributed by atoms with E-state index in [0.29, 0.717) is 5.41 Å². The molecule has 15 heavy (non-hydrogen) atoms. The zero-order chi connectivity index (χ0) is 11.1. The van der Waals surface area contributed by atoms with Crippen LogP contribution in [0.2, 0.25) is 0 Å². The summed E-state index contributed by atoms with van der Waals surface area (Å²) in [6.07, 6.45) is 5.70. The van der Waals surface area contributed by atoms with Crippen molar-refractivity contribution in [1.82, 2.24) is 10.6 Å². The van der Waals surface area contributed by atoms with E-state index in [1.165, 1.54) is 32.2 Å². The molecular weight excluding hydrogens is 184 g/mol. The predicted octanol–water partition coefficient (Wildman–Crippen LogP) is 2.40. The van der Waals surface area contributed by atoms with Gasteiger partial charge in [0.1, 0.15) is 0 Å². The van der Waals surface area contributed by atoms with Crippen LogP contribution in [0.5, 0.6) is 0 Å². The van der Waals surface area contributed by atoms with Crippen molar-refractivity contribution < 1.29 is 0 Å². The van der Waals surface area contributed by atoms with Gasteiger partial charge in [-0.15, -0.1) is 0 Å². The Kier molecular flexibility index (Phi) is 5.62. The molecule has 2 heteroatoms. The molecule has 1 aliphatic rings. The molecule has 90 valence electrons. The summed E-state index contributed by atoms with van der Waals surface area (Å²) in [5.74, 6) is 0.761. The van der Waals surface area contributed by atoms with Crippen LogP contribution in [0.25, 0.3) is 0 Å². The Labute approximate surface area is 95.2 Å². The summed E-state index contributed by atoms with van der Waals surface area (Å²) >= 11 is 0. The van der Waals surface area contributed by atoms with E-state index in [0.717, 1.165) is 25.6 Å². The Morgan fingerprint density at radius 3 is 2.27 bits per heavy atom. The van der Waals surface area contributed by atoms with Crippen LogP contribution in [0.1, 0.15) is 46.5 Å². The first-order valence-corrected chi connectivity index (χ1v) is 6.54. The molecule has 0 aromatic heterocycles. The van der Waals surface area contributed by atoms with E-state index in [1.807, 2.05) is 0 Å². The van der Waals surface area contributed by atoms with Crippen LogP contribution in [0.4, 0.5) is 0 Å². The second-order valence-electron chi connectivity index (χ2n) is 5.79. The summed E-state index contributed by atoms with van der Waals surface area (Å²) in [6, 6.07) is 0. The van der Waals surface area contributed by atoms with E-state index in [1.54, 1.807) is 0 Å². The van der Waals surface area contributed by atoms with Crippen LogP contribution in [0.3, 0.4) is 0 Å². The van der Waals surface area contributed by atoms with Crippen LogP contribution >= 0.6 is 0 Å². The summed E-state index contributed by atoms with van der Waals surface area (Å²) in [5, 5.41) is 7.04. The van der Waals surface area contributed by atoms with E-state index in [-0.39, 0.29) is 0 Å². The van der Waals surface area contributed by atoms with E-state index in [2.05, 4.69) is 31.4 Å². The molecule has 0 saturated heterocycles. The molecule has 0 heterocycles. The van der Waals surface area contributed by atoms with Crippen LogP contribution in [0.15, 0.2) is 0 Å². The maximum atomic E-state index is 3.58. The molecule has 1 fully saturated rings. The van der Waals surface area contributed by atoms with Crippen LogP contribution in [-0.4, -0.2) is 26.2 Å². The lowest BCUT2D eigenvalue weighted by atomic mass is 9.89. The van der Waals surface area contributed by atoms with Crippen molar-refractivity contribution in [3.8, 4) is 0 Å². The molecule has 0 aromatic rings.